The van der Waals surface area contributed by atoms with Crippen molar-refractivity contribution >= 4 is 7.82 Å². The van der Waals surface area contributed by atoms with Crippen LogP contribution in [0.2, 0.25) is 0 Å². The first kappa shape index (κ1) is 19.1. The number of phosphoric acid groups is 1. The highest BCUT2D eigenvalue weighted by molar-refractivity contribution is 7.48. The van der Waals surface area contributed by atoms with Gasteiger partial charge in [0.1, 0.15) is 0 Å². The molecule has 0 amide bonds. The van der Waals surface area contributed by atoms with Crippen LogP contribution in [0.1, 0.15) is 68.7 Å². The van der Waals surface area contributed by atoms with E-state index in [1.165, 1.54) is 0 Å². The molecule has 0 saturated heterocycles. The van der Waals surface area contributed by atoms with Gasteiger partial charge in [0.05, 0.1) is 17.3 Å². The van der Waals surface area contributed by atoms with Crippen LogP contribution >= 0.6 is 7.82 Å². The van der Waals surface area contributed by atoms with Crippen molar-refractivity contribution < 1.29 is 18.1 Å². The highest BCUT2D eigenvalue weighted by Crippen LogP contribution is 2.56. The lowest BCUT2D eigenvalue weighted by Gasteiger charge is -2.33. The largest absolute Gasteiger partial charge is 0.476 e. The summed E-state index contributed by atoms with van der Waals surface area (Å²) in [6.07, 6.45) is 0.771. The molecule has 116 valence electrons. The molecule has 5 heteroatoms. The molecule has 0 heterocycles. The van der Waals surface area contributed by atoms with Gasteiger partial charge in [0.25, 0.3) is 0 Å². The Morgan fingerprint density at radius 3 is 1.58 bits per heavy atom. The molecule has 0 radical (unpaired) electrons. The SMILES string of the molecule is CCC(C)C(C)OP(=O)(OC(C)(C)C)OC(C)(C)C. The van der Waals surface area contributed by atoms with Crippen molar-refractivity contribution in [3.8, 4) is 0 Å². The molecule has 0 bridgehead atoms. The van der Waals surface area contributed by atoms with Crippen molar-refractivity contribution in [1.29, 1.82) is 0 Å². The van der Waals surface area contributed by atoms with Gasteiger partial charge in [0, 0.05) is 0 Å². The smallest absolute Gasteiger partial charge is 0.284 e. The average molecular weight is 294 g/mol. The number of hydrogen-bond donors (Lipinski definition) is 0. The molecule has 0 aliphatic heterocycles. The lowest BCUT2D eigenvalue weighted by Crippen LogP contribution is -2.27. The Balaban J connectivity index is 5.02. The van der Waals surface area contributed by atoms with Crippen LogP contribution in [0.3, 0.4) is 0 Å². The van der Waals surface area contributed by atoms with E-state index in [0.29, 0.717) is 5.92 Å². The summed E-state index contributed by atoms with van der Waals surface area (Å²) in [5.74, 6) is 0.292. The Kier molecular flexibility index (Phi) is 6.75. The number of rotatable bonds is 6. The minimum Gasteiger partial charge on any atom is -0.284 e. The summed E-state index contributed by atoms with van der Waals surface area (Å²) in [7, 11) is -3.59. The number of phosphoric ester groups is 1. The molecule has 0 aromatic rings. The zero-order chi connectivity index (χ0) is 15.5. The first-order valence-electron chi connectivity index (χ1n) is 6.98. The van der Waals surface area contributed by atoms with E-state index in [-0.39, 0.29) is 6.10 Å². The molecular formula is C14H31O4P. The second kappa shape index (κ2) is 6.71. The van der Waals surface area contributed by atoms with Crippen LogP contribution in [-0.2, 0) is 18.1 Å². The summed E-state index contributed by atoms with van der Waals surface area (Å²) < 4.78 is 29.6. The first-order valence-corrected chi connectivity index (χ1v) is 8.44. The summed E-state index contributed by atoms with van der Waals surface area (Å²) >= 11 is 0. The van der Waals surface area contributed by atoms with Crippen molar-refractivity contribution in [3.63, 3.8) is 0 Å². The topological polar surface area (TPSA) is 44.8 Å². The molecule has 2 unspecified atom stereocenters. The first-order chi connectivity index (χ1) is 8.28. The van der Waals surface area contributed by atoms with E-state index in [9.17, 15) is 4.57 Å². The summed E-state index contributed by atoms with van der Waals surface area (Å²) in [4.78, 5) is 0. The van der Waals surface area contributed by atoms with Gasteiger partial charge in [-0.05, 0) is 54.4 Å². The molecule has 0 spiro atoms. The van der Waals surface area contributed by atoms with Crippen LogP contribution in [0.4, 0.5) is 0 Å². The van der Waals surface area contributed by atoms with Crippen molar-refractivity contribution in [2.24, 2.45) is 5.92 Å². The molecule has 0 aliphatic carbocycles. The lowest BCUT2D eigenvalue weighted by molar-refractivity contribution is -0.0163. The number of hydrogen-bond acceptors (Lipinski definition) is 4. The quantitative estimate of drug-likeness (QED) is 0.633. The van der Waals surface area contributed by atoms with Gasteiger partial charge < -0.3 is 0 Å². The van der Waals surface area contributed by atoms with E-state index in [0.717, 1.165) is 6.42 Å². The highest BCUT2D eigenvalue weighted by atomic mass is 31.2. The maximum absolute atomic E-state index is 12.8. The van der Waals surface area contributed by atoms with Gasteiger partial charge in [0.15, 0.2) is 0 Å². The molecule has 0 fully saturated rings. The third kappa shape index (κ3) is 8.80. The van der Waals surface area contributed by atoms with E-state index < -0.39 is 19.0 Å². The second-order valence-electron chi connectivity index (χ2n) is 7.05. The van der Waals surface area contributed by atoms with E-state index >= 15 is 0 Å². The predicted octanol–water partition coefficient (Wildman–Crippen LogP) is 5.18. The molecule has 0 aliphatic rings. The second-order valence-corrected chi connectivity index (χ2v) is 8.52. The molecule has 0 saturated carbocycles. The third-order valence-corrected chi connectivity index (χ3v) is 4.65. The zero-order valence-corrected chi connectivity index (χ0v) is 14.8. The van der Waals surface area contributed by atoms with E-state index in [1.807, 2.05) is 48.5 Å². The monoisotopic (exact) mass is 294 g/mol. The lowest BCUT2D eigenvalue weighted by atomic mass is 10.0. The van der Waals surface area contributed by atoms with Crippen LogP contribution in [0.25, 0.3) is 0 Å². The van der Waals surface area contributed by atoms with Crippen molar-refractivity contribution in [2.45, 2.75) is 86.0 Å². The fraction of sp³-hybridized carbons (Fsp3) is 1.00. The highest BCUT2D eigenvalue weighted by Gasteiger charge is 2.39. The van der Waals surface area contributed by atoms with Crippen molar-refractivity contribution in [2.75, 3.05) is 0 Å². The molecule has 0 rings (SSSR count). The van der Waals surface area contributed by atoms with Gasteiger partial charge >= 0.3 is 7.82 Å². The Bertz CT molecular complexity index is 294. The average Bonchev–Trinajstić information content (AvgIpc) is 2.08. The predicted molar refractivity (Wildman–Crippen MR) is 79.3 cm³/mol. The Morgan fingerprint density at radius 2 is 1.32 bits per heavy atom. The van der Waals surface area contributed by atoms with Crippen molar-refractivity contribution in [1.82, 2.24) is 0 Å². The van der Waals surface area contributed by atoms with Crippen LogP contribution in [0.15, 0.2) is 0 Å². The molecule has 0 aromatic heterocycles. The van der Waals surface area contributed by atoms with Crippen LogP contribution in [0.5, 0.6) is 0 Å². The van der Waals surface area contributed by atoms with Gasteiger partial charge in [0.2, 0.25) is 0 Å². The van der Waals surface area contributed by atoms with Crippen LogP contribution < -0.4 is 0 Å². The van der Waals surface area contributed by atoms with Gasteiger partial charge in [-0.15, -0.1) is 0 Å². The molecular weight excluding hydrogens is 263 g/mol. The Morgan fingerprint density at radius 1 is 0.947 bits per heavy atom. The summed E-state index contributed by atoms with van der Waals surface area (Å²) in [5, 5.41) is 0. The minimum absolute atomic E-state index is 0.180. The van der Waals surface area contributed by atoms with E-state index in [1.54, 1.807) is 0 Å². The maximum Gasteiger partial charge on any atom is 0.476 e. The summed E-state index contributed by atoms with van der Waals surface area (Å²) in [5.41, 5.74) is -1.17. The minimum atomic E-state index is -3.59. The fourth-order valence-corrected chi connectivity index (χ4v) is 3.45. The zero-order valence-electron chi connectivity index (χ0n) is 13.9. The van der Waals surface area contributed by atoms with E-state index in [2.05, 4.69) is 13.8 Å². The van der Waals surface area contributed by atoms with E-state index in [4.69, 9.17) is 13.6 Å². The van der Waals surface area contributed by atoms with Crippen LogP contribution in [0, 0.1) is 5.92 Å². The van der Waals surface area contributed by atoms with Gasteiger partial charge in [-0.25, -0.2) is 4.57 Å². The summed E-state index contributed by atoms with van der Waals surface area (Å²) in [6.45, 7) is 17.1. The molecule has 4 nitrogen and oxygen atoms in total. The van der Waals surface area contributed by atoms with Gasteiger partial charge in [-0.1, -0.05) is 20.3 Å². The normalized spacial score (nSPS) is 17.3. The summed E-state index contributed by atoms with van der Waals surface area (Å²) in [6, 6.07) is 0. The van der Waals surface area contributed by atoms with Gasteiger partial charge in [-0.3, -0.25) is 13.6 Å². The Hall–Kier alpha value is 0.110. The van der Waals surface area contributed by atoms with Gasteiger partial charge in [-0.2, -0.15) is 0 Å². The van der Waals surface area contributed by atoms with Crippen LogP contribution in [-0.4, -0.2) is 17.3 Å². The maximum atomic E-state index is 12.8. The molecule has 19 heavy (non-hydrogen) atoms. The third-order valence-electron chi connectivity index (χ3n) is 2.51. The molecule has 0 aromatic carbocycles. The fourth-order valence-electron chi connectivity index (χ4n) is 1.37. The molecule has 2 atom stereocenters. The molecule has 0 N–H and O–H groups in total. The standard InChI is InChI=1S/C14H31O4P/c1-10-11(2)12(3)16-19(15,17-13(4,5)6)18-14(7,8)9/h11-12H,10H2,1-9H3. The van der Waals surface area contributed by atoms with Crippen molar-refractivity contribution in [3.05, 3.63) is 0 Å². The Labute approximate surface area is 118 Å².